The number of nitrogens with two attached hydrogens (primary N) is 1. The van der Waals surface area contributed by atoms with Crippen molar-refractivity contribution in [3.8, 4) is 0 Å². The number of methoxy groups -OCH3 is 1. The molecule has 1 unspecified atom stereocenters. The third-order valence-corrected chi connectivity index (χ3v) is 3.82. The van der Waals surface area contributed by atoms with Crippen LogP contribution in [0, 0.1) is 5.82 Å². The lowest BCUT2D eigenvalue weighted by Crippen LogP contribution is -2.33. The average Bonchev–Trinajstić information content (AvgIpc) is 2.63. The van der Waals surface area contributed by atoms with Crippen LogP contribution in [0.4, 0.5) is 13.2 Å². The smallest absolute Gasteiger partial charge is 0.277 e. The predicted octanol–water partition coefficient (Wildman–Crippen LogP) is 3.51. The number of rotatable bonds is 8. The molecule has 30 heavy (non-hydrogen) atoms. The highest BCUT2D eigenvalue weighted by atomic mass is 31.0. The number of allylic oxidation sites excluding steroid dienone is 2. The second-order valence-electron chi connectivity index (χ2n) is 6.58. The fraction of sp³-hybridized carbons (Fsp3) is 0.350. The minimum atomic E-state index is -3.08. The van der Waals surface area contributed by atoms with Crippen LogP contribution in [-0.2, 0) is 9.53 Å². The second kappa shape index (κ2) is 11.5. The SMILES string of the molecule is COC(CNC(=O)/C(C=NCC(F)(F)P)=C(\C)N)=NC(=C(C)C)c1cccc(F)c1. The first kappa shape index (κ1) is 25.4. The van der Waals surface area contributed by atoms with Gasteiger partial charge in [0.2, 0.25) is 5.90 Å². The molecule has 0 aliphatic heterocycles. The molecule has 0 saturated carbocycles. The molecule has 0 aromatic heterocycles. The van der Waals surface area contributed by atoms with Crippen LogP contribution in [0.3, 0.4) is 0 Å². The summed E-state index contributed by atoms with van der Waals surface area (Å²) >= 11 is 0. The summed E-state index contributed by atoms with van der Waals surface area (Å²) in [4.78, 5) is 20.3. The summed E-state index contributed by atoms with van der Waals surface area (Å²) in [6.07, 6.45) is 1.00. The minimum Gasteiger partial charge on any atom is -0.483 e. The van der Waals surface area contributed by atoms with E-state index in [1.807, 2.05) is 13.8 Å². The van der Waals surface area contributed by atoms with Gasteiger partial charge in [-0.3, -0.25) is 9.79 Å². The van der Waals surface area contributed by atoms with Crippen molar-refractivity contribution in [1.82, 2.24) is 5.32 Å². The number of carbonyl (C=O) groups is 1. The fourth-order valence-electron chi connectivity index (χ4n) is 2.23. The number of amides is 1. The van der Waals surface area contributed by atoms with Crippen molar-refractivity contribution >= 4 is 33.0 Å². The van der Waals surface area contributed by atoms with E-state index in [1.165, 1.54) is 35.4 Å². The first-order valence-corrected chi connectivity index (χ1v) is 9.48. The van der Waals surface area contributed by atoms with E-state index in [1.54, 1.807) is 12.1 Å². The van der Waals surface area contributed by atoms with Gasteiger partial charge in [0, 0.05) is 17.5 Å². The fourth-order valence-corrected chi connectivity index (χ4v) is 2.34. The van der Waals surface area contributed by atoms with E-state index in [9.17, 15) is 18.0 Å². The zero-order chi connectivity index (χ0) is 22.9. The van der Waals surface area contributed by atoms with Gasteiger partial charge in [0.1, 0.15) is 12.4 Å². The highest BCUT2D eigenvalue weighted by Gasteiger charge is 2.20. The zero-order valence-electron chi connectivity index (χ0n) is 17.3. The third kappa shape index (κ3) is 8.78. The van der Waals surface area contributed by atoms with Gasteiger partial charge >= 0.3 is 0 Å². The lowest BCUT2D eigenvalue weighted by atomic mass is 10.1. The maximum absolute atomic E-state index is 13.6. The van der Waals surface area contributed by atoms with Gasteiger partial charge in [-0.2, -0.15) is 0 Å². The van der Waals surface area contributed by atoms with E-state index in [2.05, 4.69) is 15.3 Å². The Balaban J connectivity index is 2.99. The number of carbonyl (C=O) groups excluding carboxylic acids is 1. The van der Waals surface area contributed by atoms with Gasteiger partial charge in [-0.1, -0.05) is 21.4 Å². The van der Waals surface area contributed by atoms with Crippen LogP contribution in [0.15, 0.2) is 51.1 Å². The van der Waals surface area contributed by atoms with Crippen molar-refractivity contribution in [1.29, 1.82) is 0 Å². The molecule has 1 atom stereocenters. The Morgan fingerprint density at radius 2 is 2.00 bits per heavy atom. The summed E-state index contributed by atoms with van der Waals surface area (Å²) in [6.45, 7) is 4.17. The molecule has 0 fully saturated rings. The topological polar surface area (TPSA) is 89.1 Å². The van der Waals surface area contributed by atoms with Crippen LogP contribution in [-0.4, -0.2) is 43.9 Å². The molecule has 0 spiro atoms. The molecular formula is C20H26F3N4O2P. The molecular weight excluding hydrogens is 416 g/mol. The molecule has 0 radical (unpaired) electrons. The first-order chi connectivity index (χ1) is 13.9. The summed E-state index contributed by atoms with van der Waals surface area (Å²) < 4.78 is 44.5. The summed E-state index contributed by atoms with van der Waals surface area (Å²) in [7, 11) is 2.75. The number of nitrogens with zero attached hydrogens (tertiary/aromatic N) is 2. The largest absolute Gasteiger partial charge is 0.483 e. The summed E-state index contributed by atoms with van der Waals surface area (Å²) in [5.74, 6) is -0.872. The van der Waals surface area contributed by atoms with Gasteiger partial charge < -0.3 is 15.8 Å². The lowest BCUT2D eigenvalue weighted by molar-refractivity contribution is -0.116. The molecule has 1 rings (SSSR count). The summed E-state index contributed by atoms with van der Waals surface area (Å²) in [6, 6.07) is 5.94. The molecule has 6 nitrogen and oxygen atoms in total. The van der Waals surface area contributed by atoms with Crippen molar-refractivity contribution in [3.63, 3.8) is 0 Å². The molecule has 0 saturated heterocycles. The highest BCUT2D eigenvalue weighted by Crippen LogP contribution is 2.22. The molecule has 0 heterocycles. The van der Waals surface area contributed by atoms with Gasteiger partial charge in [0.15, 0.2) is 0 Å². The van der Waals surface area contributed by atoms with Gasteiger partial charge in [0.05, 0.1) is 24.9 Å². The number of aliphatic imine (C=N–C) groups is 2. The standard InChI is InChI=1S/C20H26F3N4O2P/c1-12(2)18(14-6-5-7-15(21)8-14)27-17(29-4)10-26-19(28)16(13(3)24)9-25-11-20(22,23)30/h5-9H,10-11,24,30H2,1-4H3,(H,26,28)/b16-13+,25-9?,27-17?. The number of ether oxygens (including phenoxy) is 1. The van der Waals surface area contributed by atoms with Crippen molar-refractivity contribution in [3.05, 3.63) is 52.5 Å². The van der Waals surface area contributed by atoms with Crippen LogP contribution < -0.4 is 11.1 Å². The molecule has 164 valence electrons. The minimum absolute atomic E-state index is 0.0488. The summed E-state index contributed by atoms with van der Waals surface area (Å²) in [5, 5.41) is 2.56. The average molecular weight is 442 g/mol. The molecule has 1 aromatic rings. The number of alkyl halides is 2. The van der Waals surface area contributed by atoms with Crippen molar-refractivity contribution in [2.45, 2.75) is 26.4 Å². The van der Waals surface area contributed by atoms with E-state index < -0.39 is 23.9 Å². The van der Waals surface area contributed by atoms with E-state index in [0.29, 0.717) is 11.3 Å². The van der Waals surface area contributed by atoms with Gasteiger partial charge in [-0.05, 0) is 38.5 Å². The molecule has 1 aromatic carbocycles. The van der Waals surface area contributed by atoms with E-state index >= 15 is 0 Å². The van der Waals surface area contributed by atoms with E-state index in [0.717, 1.165) is 11.8 Å². The van der Waals surface area contributed by atoms with Crippen LogP contribution in [0.25, 0.3) is 5.70 Å². The Hall–Kier alpha value is -2.67. The monoisotopic (exact) mass is 442 g/mol. The third-order valence-electron chi connectivity index (χ3n) is 3.64. The maximum atomic E-state index is 13.6. The Labute approximate surface area is 176 Å². The van der Waals surface area contributed by atoms with Gasteiger partial charge in [0.25, 0.3) is 11.6 Å². The number of hydrogen-bond donors (Lipinski definition) is 2. The van der Waals surface area contributed by atoms with Crippen LogP contribution in [0.5, 0.6) is 0 Å². The van der Waals surface area contributed by atoms with Gasteiger partial charge in [-0.25, -0.2) is 18.2 Å². The van der Waals surface area contributed by atoms with Crippen molar-refractivity contribution in [2.24, 2.45) is 15.7 Å². The molecule has 0 aliphatic rings. The van der Waals surface area contributed by atoms with Gasteiger partial charge in [-0.15, -0.1) is 0 Å². The van der Waals surface area contributed by atoms with Crippen molar-refractivity contribution in [2.75, 3.05) is 20.2 Å². The molecule has 10 heteroatoms. The molecule has 0 bridgehead atoms. The highest BCUT2D eigenvalue weighted by molar-refractivity contribution is 7.18. The Bertz CT molecular complexity index is 882. The van der Waals surface area contributed by atoms with Crippen LogP contribution >= 0.6 is 9.24 Å². The Kier molecular flexibility index (Phi) is 9.72. The Morgan fingerprint density at radius 1 is 1.33 bits per heavy atom. The quantitative estimate of drug-likeness (QED) is 0.280. The van der Waals surface area contributed by atoms with E-state index in [4.69, 9.17) is 10.5 Å². The van der Waals surface area contributed by atoms with E-state index in [-0.39, 0.29) is 23.7 Å². The molecule has 0 aliphatic carbocycles. The van der Waals surface area contributed by atoms with Crippen LogP contribution in [0.1, 0.15) is 26.3 Å². The van der Waals surface area contributed by atoms with Crippen LogP contribution in [0.2, 0.25) is 0 Å². The number of benzene rings is 1. The molecule has 1 amide bonds. The lowest BCUT2D eigenvalue weighted by Gasteiger charge is -2.12. The maximum Gasteiger partial charge on any atom is 0.277 e. The predicted molar refractivity (Wildman–Crippen MR) is 117 cm³/mol. The second-order valence-corrected chi connectivity index (χ2v) is 7.42. The zero-order valence-corrected chi connectivity index (χ0v) is 18.5. The first-order valence-electron chi connectivity index (χ1n) is 8.90. The number of nitrogens with one attached hydrogen (secondary N) is 1. The normalized spacial score (nSPS) is 13.1. The Morgan fingerprint density at radius 3 is 2.50 bits per heavy atom. The van der Waals surface area contributed by atoms with Crippen molar-refractivity contribution < 1.29 is 22.7 Å². The number of halogens is 3. The summed E-state index contributed by atoms with van der Waals surface area (Å²) in [5.41, 5.74) is 4.52. The number of hydrogen-bond acceptors (Lipinski definition) is 5. The molecule has 3 N–H and O–H groups in total.